The van der Waals surface area contributed by atoms with Crippen molar-refractivity contribution < 1.29 is 27.6 Å². The SMILES string of the molecule is O=C(O)COc1ccccc1N1NC=NN1c1ccc(S(=O)(=O)O)cc1. The molecule has 0 aliphatic carbocycles. The molecule has 26 heavy (non-hydrogen) atoms. The molecule has 11 heteroatoms. The van der Waals surface area contributed by atoms with Crippen LogP contribution in [0.2, 0.25) is 0 Å². The number of hydrogen-bond donors (Lipinski definition) is 3. The van der Waals surface area contributed by atoms with Gasteiger partial charge in [-0.05, 0) is 36.4 Å². The standard InChI is InChI=1S/C15H14N4O6S/c20-15(21)9-25-14-4-2-1-3-13(14)19-17-10-16-18(19)11-5-7-12(8-6-11)26(22,23)24/h1-8,10H,9H2,(H,16,17)(H,20,21)(H,22,23,24). The Hall–Kier alpha value is -3.31. The third-order valence-electron chi connectivity index (χ3n) is 3.35. The quantitative estimate of drug-likeness (QED) is 0.632. The Balaban J connectivity index is 1.89. The summed E-state index contributed by atoms with van der Waals surface area (Å²) in [5.41, 5.74) is 3.85. The summed E-state index contributed by atoms with van der Waals surface area (Å²) in [5.74, 6) is -0.796. The van der Waals surface area contributed by atoms with E-state index in [-0.39, 0.29) is 4.90 Å². The van der Waals surface area contributed by atoms with Crippen molar-refractivity contribution >= 4 is 33.8 Å². The van der Waals surface area contributed by atoms with Crippen molar-refractivity contribution in [3.05, 3.63) is 48.5 Å². The number of nitrogens with zero attached hydrogens (tertiary/aromatic N) is 3. The first-order chi connectivity index (χ1) is 12.4. The Bertz CT molecular complexity index is 945. The van der Waals surface area contributed by atoms with E-state index in [2.05, 4.69) is 10.5 Å². The maximum atomic E-state index is 11.1. The zero-order valence-electron chi connectivity index (χ0n) is 13.2. The average molecular weight is 378 g/mol. The van der Waals surface area contributed by atoms with Crippen molar-refractivity contribution in [2.45, 2.75) is 4.90 Å². The van der Waals surface area contributed by atoms with E-state index in [1.54, 1.807) is 24.3 Å². The average Bonchev–Trinajstić information content (AvgIpc) is 3.09. The van der Waals surface area contributed by atoms with E-state index in [1.165, 1.54) is 40.8 Å². The number of nitrogens with one attached hydrogen (secondary N) is 1. The van der Waals surface area contributed by atoms with Gasteiger partial charge in [0.05, 0.1) is 10.6 Å². The third kappa shape index (κ3) is 3.68. The number of hydrogen-bond acceptors (Lipinski definition) is 8. The first-order valence-electron chi connectivity index (χ1n) is 7.26. The molecule has 2 aromatic rings. The number of rotatable bonds is 6. The fourth-order valence-electron chi connectivity index (χ4n) is 2.24. The molecular formula is C15H14N4O6S. The number of para-hydroxylation sites is 2. The van der Waals surface area contributed by atoms with Gasteiger partial charge in [0.25, 0.3) is 10.1 Å². The highest BCUT2D eigenvalue weighted by Gasteiger charge is 2.24. The van der Waals surface area contributed by atoms with Crippen LogP contribution in [0.4, 0.5) is 11.4 Å². The van der Waals surface area contributed by atoms with E-state index in [1.807, 2.05) is 0 Å². The minimum atomic E-state index is -4.29. The molecule has 0 aromatic heterocycles. The van der Waals surface area contributed by atoms with Crippen LogP contribution in [0, 0.1) is 0 Å². The largest absolute Gasteiger partial charge is 0.480 e. The molecule has 0 unspecified atom stereocenters. The molecule has 0 saturated carbocycles. The lowest BCUT2D eigenvalue weighted by molar-refractivity contribution is -0.139. The Kier molecular flexibility index (Phi) is 4.65. The molecule has 10 nitrogen and oxygen atoms in total. The summed E-state index contributed by atoms with van der Waals surface area (Å²) in [6, 6.07) is 12.1. The number of benzene rings is 2. The number of ether oxygens (including phenoxy) is 1. The molecule has 1 aliphatic heterocycles. The van der Waals surface area contributed by atoms with Crippen LogP contribution in [0.1, 0.15) is 0 Å². The van der Waals surface area contributed by atoms with E-state index in [9.17, 15) is 13.2 Å². The third-order valence-corrected chi connectivity index (χ3v) is 4.21. The topological polar surface area (TPSA) is 132 Å². The molecule has 3 rings (SSSR count). The van der Waals surface area contributed by atoms with Crippen molar-refractivity contribution in [3.8, 4) is 5.75 Å². The Morgan fingerprint density at radius 2 is 1.85 bits per heavy atom. The van der Waals surface area contributed by atoms with Gasteiger partial charge in [-0.3, -0.25) is 9.98 Å². The molecule has 3 N–H and O–H groups in total. The van der Waals surface area contributed by atoms with Gasteiger partial charge in [0.2, 0.25) is 0 Å². The molecule has 2 aromatic carbocycles. The lowest BCUT2D eigenvalue weighted by atomic mass is 10.3. The second kappa shape index (κ2) is 6.90. The van der Waals surface area contributed by atoms with Crippen molar-refractivity contribution in [1.82, 2.24) is 5.43 Å². The molecule has 0 radical (unpaired) electrons. The van der Waals surface area contributed by atoms with Gasteiger partial charge in [-0.25, -0.2) is 4.79 Å². The van der Waals surface area contributed by atoms with Crippen LogP contribution < -0.4 is 20.4 Å². The Labute approximate surface area is 148 Å². The van der Waals surface area contributed by atoms with Gasteiger partial charge < -0.3 is 9.84 Å². The molecule has 1 aliphatic rings. The van der Waals surface area contributed by atoms with E-state index in [4.69, 9.17) is 14.4 Å². The normalized spacial score (nSPS) is 13.6. The Morgan fingerprint density at radius 3 is 2.50 bits per heavy atom. The first kappa shape index (κ1) is 17.5. The summed E-state index contributed by atoms with van der Waals surface area (Å²) in [4.78, 5) is 10.5. The van der Waals surface area contributed by atoms with Crippen LogP contribution in [-0.2, 0) is 14.9 Å². The molecule has 136 valence electrons. The monoisotopic (exact) mass is 378 g/mol. The highest BCUT2D eigenvalue weighted by atomic mass is 32.2. The predicted octanol–water partition coefficient (Wildman–Crippen LogP) is 1.09. The number of carboxylic acids is 1. The highest BCUT2D eigenvalue weighted by molar-refractivity contribution is 7.85. The molecule has 0 bridgehead atoms. The van der Waals surface area contributed by atoms with Gasteiger partial charge in [-0.2, -0.15) is 18.7 Å². The molecular weight excluding hydrogens is 364 g/mol. The fraction of sp³-hybridized carbons (Fsp3) is 0.0667. The molecule has 0 amide bonds. The molecule has 1 heterocycles. The number of hydrazine groups is 2. The lowest BCUT2D eigenvalue weighted by Gasteiger charge is -2.29. The van der Waals surface area contributed by atoms with Crippen molar-refractivity contribution in [3.63, 3.8) is 0 Å². The molecule has 0 atom stereocenters. The van der Waals surface area contributed by atoms with Crippen molar-refractivity contribution in [2.75, 3.05) is 16.8 Å². The van der Waals surface area contributed by atoms with E-state index < -0.39 is 22.7 Å². The fourth-order valence-corrected chi connectivity index (χ4v) is 2.72. The van der Waals surface area contributed by atoms with E-state index in [0.29, 0.717) is 17.1 Å². The van der Waals surface area contributed by atoms with Crippen LogP contribution >= 0.6 is 0 Å². The maximum Gasteiger partial charge on any atom is 0.341 e. The summed E-state index contributed by atoms with van der Waals surface area (Å²) in [6.45, 7) is -0.505. The second-order valence-corrected chi connectivity index (χ2v) is 6.52. The number of hydrazone groups is 1. The second-order valence-electron chi connectivity index (χ2n) is 5.09. The van der Waals surface area contributed by atoms with Gasteiger partial charge in [0.15, 0.2) is 6.61 Å². The summed E-state index contributed by atoms with van der Waals surface area (Å²) >= 11 is 0. The zero-order chi connectivity index (χ0) is 18.7. The first-order valence-corrected chi connectivity index (χ1v) is 8.70. The van der Waals surface area contributed by atoms with Gasteiger partial charge in [0.1, 0.15) is 17.8 Å². The minimum Gasteiger partial charge on any atom is -0.480 e. The van der Waals surface area contributed by atoms with Crippen LogP contribution in [0.3, 0.4) is 0 Å². The summed E-state index contributed by atoms with van der Waals surface area (Å²) in [5, 5.41) is 15.8. The number of anilines is 2. The van der Waals surface area contributed by atoms with E-state index in [0.717, 1.165) is 0 Å². The highest BCUT2D eigenvalue weighted by Crippen LogP contribution is 2.31. The van der Waals surface area contributed by atoms with Crippen molar-refractivity contribution in [1.29, 1.82) is 0 Å². The van der Waals surface area contributed by atoms with Gasteiger partial charge >= 0.3 is 5.97 Å². The number of carboxylic acid groups (broad SMARTS) is 1. The molecule has 0 spiro atoms. The summed E-state index contributed by atoms with van der Waals surface area (Å²) < 4.78 is 36.6. The molecule has 0 saturated heterocycles. The van der Waals surface area contributed by atoms with Crippen LogP contribution in [0.15, 0.2) is 58.5 Å². The van der Waals surface area contributed by atoms with Crippen LogP contribution in [0.25, 0.3) is 0 Å². The summed E-state index contributed by atoms with van der Waals surface area (Å²) in [6.07, 6.45) is 1.39. The predicted molar refractivity (Wildman–Crippen MR) is 92.4 cm³/mol. The van der Waals surface area contributed by atoms with Gasteiger partial charge in [-0.15, -0.1) is 5.10 Å². The molecule has 0 fully saturated rings. The number of carbonyl (C=O) groups is 1. The van der Waals surface area contributed by atoms with Gasteiger partial charge in [0, 0.05) is 0 Å². The number of aliphatic carboxylic acids is 1. The lowest BCUT2D eigenvalue weighted by Crippen LogP contribution is -2.43. The van der Waals surface area contributed by atoms with Crippen LogP contribution in [0.5, 0.6) is 5.75 Å². The van der Waals surface area contributed by atoms with Crippen molar-refractivity contribution in [2.24, 2.45) is 5.10 Å². The van der Waals surface area contributed by atoms with Crippen LogP contribution in [-0.4, -0.2) is 37.0 Å². The smallest absolute Gasteiger partial charge is 0.341 e. The maximum absolute atomic E-state index is 11.1. The minimum absolute atomic E-state index is 0.242. The van der Waals surface area contributed by atoms with E-state index >= 15 is 0 Å². The summed E-state index contributed by atoms with van der Waals surface area (Å²) in [7, 11) is -4.29. The Morgan fingerprint density at radius 1 is 1.15 bits per heavy atom. The van der Waals surface area contributed by atoms with Gasteiger partial charge in [-0.1, -0.05) is 12.1 Å². The zero-order valence-corrected chi connectivity index (χ0v) is 14.0.